The average molecular weight is 342 g/mol. The van der Waals surface area contributed by atoms with Crippen molar-refractivity contribution in [3.05, 3.63) is 69.3 Å². The fourth-order valence-corrected chi connectivity index (χ4v) is 2.21. The van der Waals surface area contributed by atoms with E-state index < -0.39 is 22.9 Å². The third-order valence-corrected chi connectivity index (χ3v) is 3.62. The molecule has 0 spiro atoms. The number of nitrogens with one attached hydrogen (secondary N) is 1. The number of nitrogens with zero attached hydrogens (tertiary/aromatic N) is 1. The molecule has 0 unspecified atom stereocenters. The van der Waals surface area contributed by atoms with Crippen molar-refractivity contribution in [2.45, 2.75) is 26.9 Å². The highest BCUT2D eigenvalue weighted by atomic mass is 16.6. The molecule has 0 bridgehead atoms. The topological polar surface area (TPSA) is 98.5 Å². The zero-order valence-corrected chi connectivity index (χ0v) is 14.1. The minimum absolute atomic E-state index is 0.0483. The number of ether oxygens (including phenoxy) is 1. The summed E-state index contributed by atoms with van der Waals surface area (Å²) < 4.78 is 5.19. The van der Waals surface area contributed by atoms with Gasteiger partial charge in [0.15, 0.2) is 6.10 Å². The van der Waals surface area contributed by atoms with Gasteiger partial charge in [0.2, 0.25) is 0 Å². The molecule has 0 aliphatic heterocycles. The van der Waals surface area contributed by atoms with Crippen molar-refractivity contribution < 1.29 is 19.2 Å². The van der Waals surface area contributed by atoms with E-state index in [2.05, 4.69) is 5.32 Å². The van der Waals surface area contributed by atoms with Gasteiger partial charge in [-0.2, -0.15) is 0 Å². The SMILES string of the molecule is Cc1ccc(C)c(C(=O)O[C@H](C)C(=O)Nc2ccccc2[N+](=O)[O-])c1. The molecule has 7 heteroatoms. The van der Waals surface area contributed by atoms with Crippen LogP contribution in [0.15, 0.2) is 42.5 Å². The van der Waals surface area contributed by atoms with Crippen molar-refractivity contribution in [2.75, 3.05) is 5.32 Å². The molecule has 1 N–H and O–H groups in total. The lowest BCUT2D eigenvalue weighted by Gasteiger charge is -2.14. The molecule has 2 rings (SSSR count). The summed E-state index contributed by atoms with van der Waals surface area (Å²) in [5.41, 5.74) is 1.83. The zero-order chi connectivity index (χ0) is 18.6. The minimum Gasteiger partial charge on any atom is -0.449 e. The van der Waals surface area contributed by atoms with E-state index in [0.29, 0.717) is 5.56 Å². The van der Waals surface area contributed by atoms with Crippen LogP contribution in [0.5, 0.6) is 0 Å². The Morgan fingerprint density at radius 2 is 1.84 bits per heavy atom. The number of rotatable bonds is 5. The quantitative estimate of drug-likeness (QED) is 0.510. The van der Waals surface area contributed by atoms with Crippen LogP contribution in [0.2, 0.25) is 0 Å². The van der Waals surface area contributed by atoms with E-state index in [1.54, 1.807) is 25.1 Å². The van der Waals surface area contributed by atoms with E-state index >= 15 is 0 Å². The Morgan fingerprint density at radius 3 is 2.52 bits per heavy atom. The van der Waals surface area contributed by atoms with Crippen LogP contribution >= 0.6 is 0 Å². The summed E-state index contributed by atoms with van der Waals surface area (Å²) in [6.45, 7) is 5.03. The number of anilines is 1. The van der Waals surface area contributed by atoms with Gasteiger partial charge < -0.3 is 10.1 Å². The van der Waals surface area contributed by atoms with Gasteiger partial charge in [-0.15, -0.1) is 0 Å². The van der Waals surface area contributed by atoms with Crippen molar-refractivity contribution in [2.24, 2.45) is 0 Å². The molecular weight excluding hydrogens is 324 g/mol. The number of benzene rings is 2. The fourth-order valence-electron chi connectivity index (χ4n) is 2.21. The first-order chi connectivity index (χ1) is 11.8. The van der Waals surface area contributed by atoms with Gasteiger partial charge in [-0.1, -0.05) is 29.8 Å². The second-order valence-corrected chi connectivity index (χ2v) is 5.63. The molecule has 0 saturated carbocycles. The Balaban J connectivity index is 2.09. The Morgan fingerprint density at radius 1 is 1.16 bits per heavy atom. The van der Waals surface area contributed by atoms with Gasteiger partial charge in [0.1, 0.15) is 5.69 Å². The molecular formula is C18H18N2O5. The fraction of sp³-hybridized carbons (Fsp3) is 0.222. The standard InChI is InChI=1S/C18H18N2O5/c1-11-8-9-12(2)14(10-11)18(22)25-13(3)17(21)19-15-6-4-5-7-16(15)20(23)24/h4-10,13H,1-3H3,(H,19,21)/t13-/m1/s1. The maximum Gasteiger partial charge on any atom is 0.339 e. The third kappa shape index (κ3) is 4.41. The summed E-state index contributed by atoms with van der Waals surface area (Å²) in [5.74, 6) is -1.26. The number of para-hydroxylation sites is 2. The van der Waals surface area contributed by atoms with Crippen LogP contribution in [0.4, 0.5) is 11.4 Å². The number of carbonyl (C=O) groups excluding carboxylic acids is 2. The molecule has 0 saturated heterocycles. The van der Waals surface area contributed by atoms with Crippen molar-refractivity contribution in [1.82, 2.24) is 0 Å². The Kier molecular flexibility index (Phi) is 5.49. The molecule has 0 aliphatic rings. The van der Waals surface area contributed by atoms with E-state index in [-0.39, 0.29) is 11.4 Å². The molecule has 0 heterocycles. The molecule has 7 nitrogen and oxygen atoms in total. The highest BCUT2D eigenvalue weighted by molar-refractivity contribution is 5.99. The van der Waals surface area contributed by atoms with E-state index in [1.165, 1.54) is 25.1 Å². The molecule has 1 atom stereocenters. The largest absolute Gasteiger partial charge is 0.449 e. The van der Waals surface area contributed by atoms with Gasteiger partial charge in [0.05, 0.1) is 10.5 Å². The van der Waals surface area contributed by atoms with Gasteiger partial charge in [-0.25, -0.2) is 4.79 Å². The molecule has 2 aromatic carbocycles. The molecule has 0 aliphatic carbocycles. The second kappa shape index (κ2) is 7.57. The van der Waals surface area contributed by atoms with Crippen molar-refractivity contribution in [1.29, 1.82) is 0 Å². The van der Waals surface area contributed by atoms with Crippen LogP contribution in [0.3, 0.4) is 0 Å². The Hall–Kier alpha value is -3.22. The first-order valence-electron chi connectivity index (χ1n) is 7.62. The van der Waals surface area contributed by atoms with E-state index in [9.17, 15) is 19.7 Å². The first-order valence-corrected chi connectivity index (χ1v) is 7.62. The molecule has 0 radical (unpaired) electrons. The highest BCUT2D eigenvalue weighted by Crippen LogP contribution is 2.23. The second-order valence-electron chi connectivity index (χ2n) is 5.63. The normalized spacial score (nSPS) is 11.5. The smallest absolute Gasteiger partial charge is 0.339 e. The molecule has 1 amide bonds. The van der Waals surface area contributed by atoms with E-state index in [4.69, 9.17) is 4.74 Å². The monoisotopic (exact) mass is 342 g/mol. The molecule has 0 aromatic heterocycles. The Bertz CT molecular complexity index is 832. The van der Waals surface area contributed by atoms with Crippen molar-refractivity contribution in [3.63, 3.8) is 0 Å². The maximum absolute atomic E-state index is 12.2. The average Bonchev–Trinajstić information content (AvgIpc) is 2.57. The molecule has 2 aromatic rings. The van der Waals surface area contributed by atoms with Crippen molar-refractivity contribution in [3.8, 4) is 0 Å². The lowest BCUT2D eigenvalue weighted by atomic mass is 10.1. The van der Waals surface area contributed by atoms with Gasteiger partial charge >= 0.3 is 5.97 Å². The number of nitro benzene ring substituents is 1. The maximum atomic E-state index is 12.2. The summed E-state index contributed by atoms with van der Waals surface area (Å²) in [5, 5.41) is 13.4. The van der Waals surface area contributed by atoms with Gasteiger partial charge in [-0.3, -0.25) is 14.9 Å². The highest BCUT2D eigenvalue weighted by Gasteiger charge is 2.22. The zero-order valence-electron chi connectivity index (χ0n) is 14.1. The van der Waals surface area contributed by atoms with Crippen LogP contribution in [-0.2, 0) is 9.53 Å². The van der Waals surface area contributed by atoms with Gasteiger partial charge in [0, 0.05) is 6.07 Å². The molecule has 130 valence electrons. The lowest BCUT2D eigenvalue weighted by molar-refractivity contribution is -0.383. The number of hydrogen-bond donors (Lipinski definition) is 1. The number of aryl methyl sites for hydroxylation is 2. The predicted octanol–water partition coefficient (Wildman–Crippen LogP) is 3.40. The van der Waals surface area contributed by atoms with Crippen LogP contribution in [-0.4, -0.2) is 22.9 Å². The van der Waals surface area contributed by atoms with Crippen LogP contribution in [0.1, 0.15) is 28.4 Å². The van der Waals surface area contributed by atoms with Crippen molar-refractivity contribution >= 4 is 23.3 Å². The lowest BCUT2D eigenvalue weighted by Crippen LogP contribution is -2.30. The van der Waals surface area contributed by atoms with Crippen LogP contribution in [0, 0.1) is 24.0 Å². The minimum atomic E-state index is -1.10. The predicted molar refractivity (Wildman–Crippen MR) is 92.5 cm³/mol. The number of carbonyl (C=O) groups is 2. The molecule has 25 heavy (non-hydrogen) atoms. The Labute approximate surface area is 144 Å². The third-order valence-electron chi connectivity index (χ3n) is 3.62. The number of amides is 1. The van der Waals surface area contributed by atoms with Gasteiger partial charge in [-0.05, 0) is 38.5 Å². The van der Waals surface area contributed by atoms with E-state index in [1.807, 2.05) is 13.0 Å². The van der Waals surface area contributed by atoms with E-state index in [0.717, 1.165) is 11.1 Å². The van der Waals surface area contributed by atoms with Crippen LogP contribution < -0.4 is 5.32 Å². The number of esters is 1. The van der Waals surface area contributed by atoms with Gasteiger partial charge in [0.25, 0.3) is 11.6 Å². The van der Waals surface area contributed by atoms with Crippen LogP contribution in [0.25, 0.3) is 0 Å². The number of hydrogen-bond acceptors (Lipinski definition) is 5. The summed E-state index contributed by atoms with van der Waals surface area (Å²) in [6, 6.07) is 11.1. The summed E-state index contributed by atoms with van der Waals surface area (Å²) in [6.07, 6.45) is -1.10. The molecule has 0 fully saturated rings. The summed E-state index contributed by atoms with van der Waals surface area (Å²) in [4.78, 5) is 34.8. The summed E-state index contributed by atoms with van der Waals surface area (Å²) in [7, 11) is 0. The first kappa shape index (κ1) is 18.1. The number of nitro groups is 1. The summed E-state index contributed by atoms with van der Waals surface area (Å²) >= 11 is 0.